The summed E-state index contributed by atoms with van der Waals surface area (Å²) in [5.74, 6) is 0.134. The predicted octanol–water partition coefficient (Wildman–Crippen LogP) is 5.29. The smallest absolute Gasteiger partial charge is 0.267 e. The summed E-state index contributed by atoms with van der Waals surface area (Å²) in [5, 5.41) is 12.7. The van der Waals surface area contributed by atoms with Gasteiger partial charge in [-0.05, 0) is 42.9 Å². The number of carbonyl (C=O) groups excluding carboxylic acids is 1. The van der Waals surface area contributed by atoms with Gasteiger partial charge in [0, 0.05) is 19.3 Å². The zero-order chi connectivity index (χ0) is 19.9. The van der Waals surface area contributed by atoms with Crippen molar-refractivity contribution in [1.82, 2.24) is 4.90 Å². The van der Waals surface area contributed by atoms with Crippen LogP contribution in [0.5, 0.6) is 0 Å². The SMILES string of the molecule is N#C/C(=C/N1CCC(Cc2ccccc2)CC1)C(=O)Nc1cccc(Cl)c1Cl. The van der Waals surface area contributed by atoms with Crippen LogP contribution in [0.3, 0.4) is 0 Å². The monoisotopic (exact) mass is 413 g/mol. The fourth-order valence-electron chi connectivity index (χ4n) is 3.34. The van der Waals surface area contributed by atoms with Crippen LogP contribution in [0, 0.1) is 17.2 Å². The largest absolute Gasteiger partial charge is 0.376 e. The lowest BCUT2D eigenvalue weighted by molar-refractivity contribution is -0.112. The molecule has 0 saturated carbocycles. The summed E-state index contributed by atoms with van der Waals surface area (Å²) in [6.45, 7) is 1.65. The molecule has 1 aliphatic rings. The van der Waals surface area contributed by atoms with Gasteiger partial charge in [-0.2, -0.15) is 5.26 Å². The summed E-state index contributed by atoms with van der Waals surface area (Å²) in [6, 6.07) is 17.4. The minimum Gasteiger partial charge on any atom is -0.376 e. The van der Waals surface area contributed by atoms with Crippen molar-refractivity contribution < 1.29 is 4.79 Å². The summed E-state index contributed by atoms with van der Waals surface area (Å²) in [7, 11) is 0. The first kappa shape index (κ1) is 20.3. The highest BCUT2D eigenvalue weighted by Gasteiger charge is 2.20. The van der Waals surface area contributed by atoms with Gasteiger partial charge < -0.3 is 10.2 Å². The Bertz CT molecular complexity index is 898. The summed E-state index contributed by atoms with van der Waals surface area (Å²) >= 11 is 12.1. The Hall–Kier alpha value is -2.48. The predicted molar refractivity (Wildman–Crippen MR) is 113 cm³/mol. The maximum atomic E-state index is 12.5. The van der Waals surface area contributed by atoms with Gasteiger partial charge in [0.15, 0.2) is 0 Å². The number of halogens is 2. The zero-order valence-electron chi connectivity index (χ0n) is 15.4. The van der Waals surface area contributed by atoms with Crippen LogP contribution < -0.4 is 5.32 Å². The van der Waals surface area contributed by atoms with Crippen molar-refractivity contribution in [2.75, 3.05) is 18.4 Å². The van der Waals surface area contributed by atoms with E-state index in [1.165, 1.54) is 5.56 Å². The van der Waals surface area contributed by atoms with E-state index < -0.39 is 5.91 Å². The second-order valence-corrected chi connectivity index (χ2v) is 7.66. The molecule has 4 nitrogen and oxygen atoms in total. The van der Waals surface area contributed by atoms with E-state index in [9.17, 15) is 10.1 Å². The van der Waals surface area contributed by atoms with Crippen molar-refractivity contribution in [3.63, 3.8) is 0 Å². The number of likely N-dealkylation sites (tertiary alicyclic amines) is 1. The molecule has 144 valence electrons. The Kier molecular flexibility index (Phi) is 6.97. The van der Waals surface area contributed by atoms with Crippen LogP contribution in [0.4, 0.5) is 5.69 Å². The number of hydrogen-bond donors (Lipinski definition) is 1. The highest BCUT2D eigenvalue weighted by atomic mass is 35.5. The third-order valence-corrected chi connectivity index (χ3v) is 5.71. The van der Waals surface area contributed by atoms with Crippen molar-refractivity contribution in [3.8, 4) is 6.07 Å². The van der Waals surface area contributed by atoms with E-state index in [-0.39, 0.29) is 10.6 Å². The Morgan fingerprint density at radius 3 is 2.54 bits per heavy atom. The lowest BCUT2D eigenvalue weighted by Crippen LogP contribution is -2.31. The highest BCUT2D eigenvalue weighted by Crippen LogP contribution is 2.30. The molecule has 1 fully saturated rings. The normalized spacial score (nSPS) is 15.2. The van der Waals surface area contributed by atoms with Gasteiger partial charge in [-0.1, -0.05) is 59.6 Å². The fourth-order valence-corrected chi connectivity index (χ4v) is 3.69. The molecule has 2 aromatic carbocycles. The first-order valence-corrected chi connectivity index (χ1v) is 9.97. The van der Waals surface area contributed by atoms with Gasteiger partial charge in [-0.15, -0.1) is 0 Å². The van der Waals surface area contributed by atoms with Crippen LogP contribution in [-0.4, -0.2) is 23.9 Å². The lowest BCUT2D eigenvalue weighted by atomic mass is 9.90. The molecule has 1 saturated heterocycles. The number of nitrogens with one attached hydrogen (secondary N) is 1. The molecule has 0 spiro atoms. The second-order valence-electron chi connectivity index (χ2n) is 6.88. The van der Waals surface area contributed by atoms with E-state index in [1.54, 1.807) is 24.4 Å². The number of rotatable bonds is 5. The van der Waals surface area contributed by atoms with Crippen molar-refractivity contribution in [3.05, 3.63) is 75.9 Å². The number of piperidine rings is 1. The van der Waals surface area contributed by atoms with Crippen molar-refractivity contribution in [2.45, 2.75) is 19.3 Å². The van der Waals surface area contributed by atoms with Gasteiger partial charge in [0.05, 0.1) is 15.7 Å². The van der Waals surface area contributed by atoms with Gasteiger partial charge in [0.25, 0.3) is 5.91 Å². The molecular formula is C22H21Cl2N3O. The minimum absolute atomic E-state index is 0.0533. The van der Waals surface area contributed by atoms with Gasteiger partial charge in [-0.3, -0.25) is 4.79 Å². The van der Waals surface area contributed by atoms with Crippen molar-refractivity contribution in [2.24, 2.45) is 5.92 Å². The molecule has 0 unspecified atom stereocenters. The molecule has 1 heterocycles. The number of amides is 1. The molecule has 0 aromatic heterocycles. The van der Waals surface area contributed by atoms with Crippen LogP contribution in [0.1, 0.15) is 18.4 Å². The number of hydrogen-bond acceptors (Lipinski definition) is 3. The molecular weight excluding hydrogens is 393 g/mol. The number of nitriles is 1. The summed E-state index contributed by atoms with van der Waals surface area (Å²) in [5.41, 5.74) is 1.80. The molecule has 28 heavy (non-hydrogen) atoms. The molecule has 2 aromatic rings. The number of benzene rings is 2. The minimum atomic E-state index is -0.488. The molecule has 1 N–H and O–H groups in total. The highest BCUT2D eigenvalue weighted by molar-refractivity contribution is 6.44. The van der Waals surface area contributed by atoms with E-state index in [2.05, 4.69) is 29.6 Å². The summed E-state index contributed by atoms with van der Waals surface area (Å²) < 4.78 is 0. The molecule has 0 bridgehead atoms. The quantitative estimate of drug-likeness (QED) is 0.534. The molecule has 0 aliphatic carbocycles. The molecule has 0 atom stereocenters. The molecule has 1 aliphatic heterocycles. The Balaban J connectivity index is 1.58. The van der Waals surface area contributed by atoms with E-state index >= 15 is 0 Å². The lowest BCUT2D eigenvalue weighted by Gasteiger charge is -2.31. The zero-order valence-corrected chi connectivity index (χ0v) is 16.9. The maximum absolute atomic E-state index is 12.5. The Morgan fingerprint density at radius 1 is 1.14 bits per heavy atom. The average molecular weight is 414 g/mol. The molecule has 0 radical (unpaired) electrons. The van der Waals surface area contributed by atoms with Crippen LogP contribution in [0.2, 0.25) is 10.0 Å². The number of carbonyl (C=O) groups is 1. The number of nitrogens with zero attached hydrogens (tertiary/aromatic N) is 2. The van der Waals surface area contributed by atoms with Crippen LogP contribution in [0.25, 0.3) is 0 Å². The molecule has 1 amide bonds. The third kappa shape index (κ3) is 5.28. The summed E-state index contributed by atoms with van der Waals surface area (Å²) in [6.07, 6.45) is 4.78. The molecule has 3 rings (SSSR count). The van der Waals surface area contributed by atoms with Crippen molar-refractivity contribution in [1.29, 1.82) is 5.26 Å². The van der Waals surface area contributed by atoms with Gasteiger partial charge in [-0.25, -0.2) is 0 Å². The standard InChI is InChI=1S/C22H21Cl2N3O/c23-19-7-4-8-20(21(19)24)26-22(28)18(14-25)15-27-11-9-17(10-12-27)13-16-5-2-1-3-6-16/h1-8,15,17H,9-13H2,(H,26,28)/b18-15-. The Morgan fingerprint density at radius 2 is 1.86 bits per heavy atom. The van der Waals surface area contributed by atoms with E-state index in [1.807, 2.05) is 17.0 Å². The van der Waals surface area contributed by atoms with Crippen LogP contribution in [0.15, 0.2) is 60.3 Å². The average Bonchev–Trinajstić information content (AvgIpc) is 2.71. The van der Waals surface area contributed by atoms with E-state index in [0.29, 0.717) is 16.6 Å². The van der Waals surface area contributed by atoms with Gasteiger partial charge in [0.1, 0.15) is 11.6 Å². The Labute approximate surface area is 175 Å². The second kappa shape index (κ2) is 9.64. The van der Waals surface area contributed by atoms with Crippen LogP contribution >= 0.6 is 23.2 Å². The van der Waals surface area contributed by atoms with Gasteiger partial charge in [0.2, 0.25) is 0 Å². The molecule has 6 heteroatoms. The van der Waals surface area contributed by atoms with E-state index in [4.69, 9.17) is 23.2 Å². The van der Waals surface area contributed by atoms with E-state index in [0.717, 1.165) is 32.4 Å². The summed E-state index contributed by atoms with van der Waals surface area (Å²) in [4.78, 5) is 14.5. The number of anilines is 1. The third-order valence-electron chi connectivity index (χ3n) is 4.89. The first-order chi connectivity index (χ1) is 13.6. The van der Waals surface area contributed by atoms with Crippen molar-refractivity contribution >= 4 is 34.8 Å². The maximum Gasteiger partial charge on any atom is 0.267 e. The van der Waals surface area contributed by atoms with Gasteiger partial charge >= 0.3 is 0 Å². The fraction of sp³-hybridized carbons (Fsp3) is 0.273. The first-order valence-electron chi connectivity index (χ1n) is 9.22. The topological polar surface area (TPSA) is 56.1 Å². The van der Waals surface area contributed by atoms with Crippen LogP contribution in [-0.2, 0) is 11.2 Å².